The number of halogens is 1. The van der Waals surface area contributed by atoms with Crippen molar-refractivity contribution >= 4 is 0 Å². The van der Waals surface area contributed by atoms with Gasteiger partial charge in [-0.1, -0.05) is 36.4 Å². The molecule has 0 aliphatic carbocycles. The van der Waals surface area contributed by atoms with E-state index in [4.69, 9.17) is 0 Å². The van der Waals surface area contributed by atoms with E-state index in [1.807, 2.05) is 0 Å². The second-order valence-corrected chi connectivity index (χ2v) is 4.33. The molecule has 15 heavy (non-hydrogen) atoms. The van der Waals surface area contributed by atoms with E-state index in [2.05, 4.69) is 63.5 Å². The number of likely N-dealkylation sites (N-methyl/N-ethyl adjacent to an activating group) is 1. The van der Waals surface area contributed by atoms with Crippen LogP contribution >= 0.6 is 0 Å². The van der Waals surface area contributed by atoms with Crippen LogP contribution in [-0.4, -0.2) is 25.1 Å². The van der Waals surface area contributed by atoms with Gasteiger partial charge in [0.1, 0.15) is 6.54 Å². The second kappa shape index (κ2) is 6.65. The molecule has 0 aliphatic rings. The summed E-state index contributed by atoms with van der Waals surface area (Å²) in [6.45, 7) is 4.25. The first-order chi connectivity index (χ1) is 6.64. The highest BCUT2D eigenvalue weighted by atomic mass is 35.5. The molecular weight excluding hydrogens is 206 g/mol. The van der Waals surface area contributed by atoms with Crippen LogP contribution in [0.15, 0.2) is 42.5 Å². The highest BCUT2D eigenvalue weighted by Gasteiger charge is 2.12. The highest BCUT2D eigenvalue weighted by Crippen LogP contribution is 2.08. The van der Waals surface area contributed by atoms with Gasteiger partial charge in [-0.05, 0) is 13.0 Å². The summed E-state index contributed by atoms with van der Waals surface area (Å²) < 4.78 is 1.01. The van der Waals surface area contributed by atoms with Gasteiger partial charge in [0.25, 0.3) is 0 Å². The molecule has 2 heteroatoms. The topological polar surface area (TPSA) is 0 Å². The van der Waals surface area contributed by atoms with E-state index in [1.54, 1.807) is 0 Å². The first-order valence-corrected chi connectivity index (χ1v) is 5.11. The lowest BCUT2D eigenvalue weighted by molar-refractivity contribution is -0.897. The Labute approximate surface area is 99.4 Å². The van der Waals surface area contributed by atoms with E-state index in [0.717, 1.165) is 17.6 Å². The fourth-order valence-electron chi connectivity index (χ4n) is 1.53. The van der Waals surface area contributed by atoms with E-state index < -0.39 is 0 Å². The molecule has 1 nitrogen and oxygen atoms in total. The van der Waals surface area contributed by atoms with Gasteiger partial charge >= 0.3 is 0 Å². The van der Waals surface area contributed by atoms with Crippen LogP contribution in [0.2, 0.25) is 0 Å². The Morgan fingerprint density at radius 1 is 1.13 bits per heavy atom. The van der Waals surface area contributed by atoms with Crippen LogP contribution in [-0.2, 0) is 6.54 Å². The molecular formula is C13H20ClN. The summed E-state index contributed by atoms with van der Waals surface area (Å²) in [5.41, 5.74) is 1.40. The molecule has 1 aromatic rings. The number of benzene rings is 1. The Morgan fingerprint density at radius 2 is 1.73 bits per heavy atom. The normalized spacial score (nSPS) is 11.4. The van der Waals surface area contributed by atoms with Crippen LogP contribution in [0.1, 0.15) is 12.5 Å². The molecule has 0 N–H and O–H groups in total. The van der Waals surface area contributed by atoms with Crippen LogP contribution in [0.5, 0.6) is 0 Å². The zero-order chi connectivity index (χ0) is 10.4. The summed E-state index contributed by atoms with van der Waals surface area (Å²) in [4.78, 5) is 0. The zero-order valence-electron chi connectivity index (χ0n) is 9.78. The smallest absolute Gasteiger partial charge is 0.104 e. The maximum absolute atomic E-state index is 2.26. The minimum atomic E-state index is 0. The predicted molar refractivity (Wildman–Crippen MR) is 61.9 cm³/mol. The van der Waals surface area contributed by atoms with Crippen molar-refractivity contribution in [3.05, 3.63) is 48.0 Å². The van der Waals surface area contributed by atoms with E-state index in [0.29, 0.717) is 0 Å². The van der Waals surface area contributed by atoms with Crippen molar-refractivity contribution in [2.45, 2.75) is 13.5 Å². The van der Waals surface area contributed by atoms with E-state index >= 15 is 0 Å². The molecule has 1 aromatic carbocycles. The van der Waals surface area contributed by atoms with Gasteiger partial charge in [-0.3, -0.25) is 0 Å². The standard InChI is InChI=1S/C13H20N.ClH/c1-4-5-11-14(2,3)12-13-9-7-6-8-10-13;/h4-10H,11-12H2,1-3H3;1H/q+1;/p-1. The summed E-state index contributed by atoms with van der Waals surface area (Å²) in [7, 11) is 4.51. The molecule has 0 radical (unpaired) electrons. The third-order valence-electron chi connectivity index (χ3n) is 2.29. The number of quaternary nitrogens is 1. The molecule has 0 heterocycles. The van der Waals surface area contributed by atoms with Gasteiger partial charge in [0.15, 0.2) is 0 Å². The van der Waals surface area contributed by atoms with Gasteiger partial charge in [0.2, 0.25) is 0 Å². The Morgan fingerprint density at radius 3 is 2.27 bits per heavy atom. The Bertz CT molecular complexity index is 291. The largest absolute Gasteiger partial charge is 1.00 e. The summed E-state index contributed by atoms with van der Waals surface area (Å²) in [5.74, 6) is 0. The molecule has 0 atom stereocenters. The molecule has 0 bridgehead atoms. The van der Waals surface area contributed by atoms with Crippen LogP contribution < -0.4 is 12.4 Å². The molecule has 0 amide bonds. The average molecular weight is 226 g/mol. The second-order valence-electron chi connectivity index (χ2n) is 4.33. The number of hydrogen-bond donors (Lipinski definition) is 0. The van der Waals surface area contributed by atoms with Gasteiger partial charge in [-0.2, -0.15) is 0 Å². The van der Waals surface area contributed by atoms with Crippen molar-refractivity contribution < 1.29 is 16.9 Å². The molecule has 84 valence electrons. The number of allylic oxidation sites excluding steroid dienone is 1. The first-order valence-electron chi connectivity index (χ1n) is 5.11. The molecule has 0 unspecified atom stereocenters. The Balaban J connectivity index is 0.00000196. The van der Waals surface area contributed by atoms with Crippen molar-refractivity contribution in [1.29, 1.82) is 0 Å². The fourth-order valence-corrected chi connectivity index (χ4v) is 1.53. The molecule has 0 spiro atoms. The third kappa shape index (κ3) is 5.60. The molecule has 0 aromatic heterocycles. The van der Waals surface area contributed by atoms with Gasteiger partial charge in [-0.25, -0.2) is 0 Å². The minimum Gasteiger partial charge on any atom is -1.00 e. The lowest BCUT2D eigenvalue weighted by Crippen LogP contribution is -3.00. The maximum Gasteiger partial charge on any atom is 0.104 e. The quantitative estimate of drug-likeness (QED) is 0.494. The summed E-state index contributed by atoms with van der Waals surface area (Å²) in [6, 6.07) is 10.6. The zero-order valence-corrected chi connectivity index (χ0v) is 10.5. The first kappa shape index (κ1) is 14.2. The fraction of sp³-hybridized carbons (Fsp3) is 0.385. The van der Waals surface area contributed by atoms with Crippen LogP contribution in [0.3, 0.4) is 0 Å². The maximum atomic E-state index is 2.26. The lowest BCUT2D eigenvalue weighted by Gasteiger charge is -2.28. The van der Waals surface area contributed by atoms with Gasteiger partial charge in [0, 0.05) is 5.56 Å². The SMILES string of the molecule is CC=CC[N+](C)(C)Cc1ccccc1.[Cl-]. The Hall–Kier alpha value is -0.790. The van der Waals surface area contributed by atoms with Gasteiger partial charge < -0.3 is 16.9 Å². The molecule has 0 saturated carbocycles. The molecule has 0 fully saturated rings. The van der Waals surface area contributed by atoms with Crippen LogP contribution in [0.4, 0.5) is 0 Å². The molecule has 1 rings (SSSR count). The van der Waals surface area contributed by atoms with Gasteiger partial charge in [-0.15, -0.1) is 0 Å². The van der Waals surface area contributed by atoms with E-state index in [-0.39, 0.29) is 12.4 Å². The van der Waals surface area contributed by atoms with E-state index in [9.17, 15) is 0 Å². The number of nitrogens with zero attached hydrogens (tertiary/aromatic N) is 1. The van der Waals surface area contributed by atoms with Crippen molar-refractivity contribution in [3.8, 4) is 0 Å². The Kier molecular flexibility index (Phi) is 6.30. The predicted octanol–water partition coefficient (Wildman–Crippen LogP) is -0.157. The van der Waals surface area contributed by atoms with Crippen LogP contribution in [0.25, 0.3) is 0 Å². The monoisotopic (exact) mass is 225 g/mol. The summed E-state index contributed by atoms with van der Waals surface area (Å²) in [6.07, 6.45) is 4.34. The summed E-state index contributed by atoms with van der Waals surface area (Å²) >= 11 is 0. The number of rotatable bonds is 4. The van der Waals surface area contributed by atoms with Crippen molar-refractivity contribution in [1.82, 2.24) is 0 Å². The van der Waals surface area contributed by atoms with Crippen molar-refractivity contribution in [2.75, 3.05) is 20.6 Å². The molecule has 0 aliphatic heterocycles. The average Bonchev–Trinajstić information content (AvgIpc) is 2.16. The van der Waals surface area contributed by atoms with Crippen molar-refractivity contribution in [2.24, 2.45) is 0 Å². The van der Waals surface area contributed by atoms with Crippen LogP contribution in [0, 0.1) is 0 Å². The summed E-state index contributed by atoms with van der Waals surface area (Å²) in [5, 5.41) is 0. The highest BCUT2D eigenvalue weighted by molar-refractivity contribution is 5.13. The van der Waals surface area contributed by atoms with Gasteiger partial charge in [0.05, 0.1) is 20.6 Å². The lowest BCUT2D eigenvalue weighted by atomic mass is 10.2. The minimum absolute atomic E-state index is 0. The molecule has 0 saturated heterocycles. The number of hydrogen-bond acceptors (Lipinski definition) is 0. The third-order valence-corrected chi connectivity index (χ3v) is 2.29. The van der Waals surface area contributed by atoms with E-state index in [1.165, 1.54) is 5.56 Å². The van der Waals surface area contributed by atoms with Crippen molar-refractivity contribution in [3.63, 3.8) is 0 Å².